The van der Waals surface area contributed by atoms with E-state index in [9.17, 15) is 0 Å². The summed E-state index contributed by atoms with van der Waals surface area (Å²) in [4.78, 5) is 0. The second-order valence-corrected chi connectivity index (χ2v) is 6.01. The minimum atomic E-state index is 0.666. The van der Waals surface area contributed by atoms with Crippen LogP contribution in [0.2, 0.25) is 0 Å². The van der Waals surface area contributed by atoms with E-state index >= 15 is 0 Å². The second kappa shape index (κ2) is 4.12. The van der Waals surface area contributed by atoms with Crippen LogP contribution in [-0.2, 0) is 0 Å². The molecule has 0 saturated carbocycles. The molecule has 4 aliphatic rings. The molecule has 0 fully saturated rings. The molecule has 0 nitrogen and oxygen atoms in total. The van der Waals surface area contributed by atoms with Crippen molar-refractivity contribution in [3.8, 4) is 0 Å². The van der Waals surface area contributed by atoms with Gasteiger partial charge in [-0.25, -0.2) is 0 Å². The van der Waals surface area contributed by atoms with Crippen molar-refractivity contribution in [1.29, 1.82) is 0 Å². The van der Waals surface area contributed by atoms with Crippen molar-refractivity contribution in [3.63, 3.8) is 0 Å². The van der Waals surface area contributed by atoms with Gasteiger partial charge in [0.2, 0.25) is 0 Å². The van der Waals surface area contributed by atoms with E-state index in [1.165, 1.54) is 50.5 Å². The summed E-state index contributed by atoms with van der Waals surface area (Å²) in [6.45, 7) is 0. The van der Waals surface area contributed by atoms with Gasteiger partial charge in [-0.1, -0.05) is 41.5 Å². The Hall–Kier alpha value is -1.30. The maximum Gasteiger partial charge on any atom is 0.00588 e. The van der Waals surface area contributed by atoms with Gasteiger partial charge in [0.05, 0.1) is 0 Å². The Kier molecular flexibility index (Phi) is 2.43. The molecule has 0 radical (unpaired) electrons. The predicted molar refractivity (Wildman–Crippen MR) is 76.2 cm³/mol. The van der Waals surface area contributed by atoms with E-state index in [2.05, 4.69) is 30.4 Å². The number of fused-ring (bicyclic) bond motifs is 2. The first-order valence-corrected chi connectivity index (χ1v) is 7.41. The minimum Gasteiger partial charge on any atom is -0.0767 e. The van der Waals surface area contributed by atoms with Crippen LogP contribution < -0.4 is 0 Å². The van der Waals surface area contributed by atoms with Crippen molar-refractivity contribution in [1.82, 2.24) is 0 Å². The van der Waals surface area contributed by atoms with Gasteiger partial charge < -0.3 is 0 Å². The fraction of sp³-hybridized carbons (Fsp3) is 0.444. The molecule has 1 unspecified atom stereocenters. The van der Waals surface area contributed by atoms with Crippen molar-refractivity contribution in [3.05, 3.63) is 58.2 Å². The molecule has 0 aromatic carbocycles. The highest BCUT2D eigenvalue weighted by atomic mass is 14.3. The summed E-state index contributed by atoms with van der Waals surface area (Å²) in [6.07, 6.45) is 21.1. The van der Waals surface area contributed by atoms with Gasteiger partial charge in [-0.15, -0.1) is 0 Å². The molecule has 1 atom stereocenters. The van der Waals surface area contributed by atoms with E-state index in [0.29, 0.717) is 5.92 Å². The van der Waals surface area contributed by atoms with Crippen LogP contribution in [0.25, 0.3) is 0 Å². The molecular weight excluding hydrogens is 216 g/mol. The quantitative estimate of drug-likeness (QED) is 0.554. The lowest BCUT2D eigenvalue weighted by Gasteiger charge is -2.34. The van der Waals surface area contributed by atoms with Crippen LogP contribution in [0.15, 0.2) is 58.2 Å². The van der Waals surface area contributed by atoms with E-state index in [-0.39, 0.29) is 0 Å². The van der Waals surface area contributed by atoms with Gasteiger partial charge in [0.1, 0.15) is 0 Å². The van der Waals surface area contributed by atoms with Crippen molar-refractivity contribution in [2.75, 3.05) is 0 Å². The first kappa shape index (κ1) is 10.6. The van der Waals surface area contributed by atoms with E-state index in [1.54, 1.807) is 22.3 Å². The van der Waals surface area contributed by atoms with Gasteiger partial charge in [-0.3, -0.25) is 0 Å². The Morgan fingerprint density at radius 2 is 1.78 bits per heavy atom. The average Bonchev–Trinajstić information content (AvgIpc) is 2.45. The van der Waals surface area contributed by atoms with Crippen LogP contribution in [0.3, 0.4) is 0 Å². The molecule has 4 rings (SSSR count). The molecule has 0 spiro atoms. The molecule has 0 bridgehead atoms. The summed E-state index contributed by atoms with van der Waals surface area (Å²) in [5.74, 6) is 0.666. The molecule has 0 saturated heterocycles. The Morgan fingerprint density at radius 1 is 0.889 bits per heavy atom. The summed E-state index contributed by atoms with van der Waals surface area (Å²) >= 11 is 0. The fourth-order valence-corrected chi connectivity index (χ4v) is 3.99. The van der Waals surface area contributed by atoms with Crippen LogP contribution in [-0.4, -0.2) is 0 Å². The fourth-order valence-electron chi connectivity index (χ4n) is 3.99. The Balaban J connectivity index is 1.78. The van der Waals surface area contributed by atoms with Crippen LogP contribution in [0.4, 0.5) is 0 Å². The third kappa shape index (κ3) is 1.59. The molecule has 0 aromatic rings. The average molecular weight is 236 g/mol. The van der Waals surface area contributed by atoms with Gasteiger partial charge in [-0.2, -0.15) is 0 Å². The Bertz CT molecular complexity index is 534. The highest BCUT2D eigenvalue weighted by molar-refractivity contribution is 5.56. The summed E-state index contributed by atoms with van der Waals surface area (Å²) in [5.41, 5.74) is 8.43. The van der Waals surface area contributed by atoms with Crippen molar-refractivity contribution in [2.24, 2.45) is 5.92 Å². The van der Waals surface area contributed by atoms with Gasteiger partial charge in [0, 0.05) is 5.92 Å². The summed E-state index contributed by atoms with van der Waals surface area (Å²) < 4.78 is 0. The molecule has 4 aliphatic carbocycles. The molecule has 0 aromatic heterocycles. The summed E-state index contributed by atoms with van der Waals surface area (Å²) in [5, 5.41) is 0. The monoisotopic (exact) mass is 236 g/mol. The predicted octanol–water partition coefficient (Wildman–Crippen LogP) is 5.02. The highest BCUT2D eigenvalue weighted by Gasteiger charge is 2.28. The van der Waals surface area contributed by atoms with Crippen molar-refractivity contribution in [2.45, 2.75) is 44.9 Å². The smallest absolute Gasteiger partial charge is 0.00588 e. The molecule has 0 heterocycles. The van der Waals surface area contributed by atoms with E-state index in [4.69, 9.17) is 0 Å². The number of allylic oxidation sites excluding steroid dienone is 10. The zero-order valence-corrected chi connectivity index (χ0v) is 10.9. The SMILES string of the molecule is C1=CC2=CC3=C(CCC4=C3CCCC4)CC2C=C1. The van der Waals surface area contributed by atoms with Crippen LogP contribution in [0.1, 0.15) is 44.9 Å². The number of hydrogen-bond donors (Lipinski definition) is 0. The molecule has 0 aliphatic heterocycles. The lowest BCUT2D eigenvalue weighted by atomic mass is 9.71. The zero-order chi connectivity index (χ0) is 11.9. The molecule has 18 heavy (non-hydrogen) atoms. The second-order valence-electron chi connectivity index (χ2n) is 6.01. The van der Waals surface area contributed by atoms with E-state index in [1.807, 2.05) is 0 Å². The first-order valence-electron chi connectivity index (χ1n) is 7.41. The van der Waals surface area contributed by atoms with Gasteiger partial charge >= 0.3 is 0 Å². The standard InChI is InChI=1S/C18H20/c1-2-7-15-12-18-16(11-14(15)6-1)10-9-13-5-3-4-8-17(13)18/h1-2,6-7,12,14H,3-5,8-11H2. The van der Waals surface area contributed by atoms with Crippen LogP contribution in [0, 0.1) is 5.92 Å². The van der Waals surface area contributed by atoms with Gasteiger partial charge in [-0.05, 0) is 61.7 Å². The lowest BCUT2D eigenvalue weighted by molar-refractivity contribution is 0.612. The molecule has 0 N–H and O–H groups in total. The Labute approximate surface area is 109 Å². The maximum atomic E-state index is 2.50. The number of hydrogen-bond acceptors (Lipinski definition) is 0. The first-order chi connectivity index (χ1) is 8.92. The lowest BCUT2D eigenvalue weighted by Crippen LogP contribution is -2.16. The largest absolute Gasteiger partial charge is 0.0767 e. The van der Waals surface area contributed by atoms with Crippen LogP contribution in [0.5, 0.6) is 0 Å². The summed E-state index contributed by atoms with van der Waals surface area (Å²) in [7, 11) is 0. The molecule has 0 amide bonds. The van der Waals surface area contributed by atoms with Crippen molar-refractivity contribution < 1.29 is 0 Å². The number of rotatable bonds is 0. The zero-order valence-electron chi connectivity index (χ0n) is 10.9. The highest BCUT2D eigenvalue weighted by Crippen LogP contribution is 2.45. The van der Waals surface area contributed by atoms with Crippen LogP contribution >= 0.6 is 0 Å². The molecular formula is C18H20. The minimum absolute atomic E-state index is 0.666. The van der Waals surface area contributed by atoms with Gasteiger partial charge in [0.25, 0.3) is 0 Å². The van der Waals surface area contributed by atoms with E-state index in [0.717, 1.165) is 0 Å². The van der Waals surface area contributed by atoms with Crippen molar-refractivity contribution >= 4 is 0 Å². The maximum absolute atomic E-state index is 2.50. The molecule has 0 heteroatoms. The topological polar surface area (TPSA) is 0 Å². The third-order valence-corrected chi connectivity index (χ3v) is 4.97. The third-order valence-electron chi connectivity index (χ3n) is 4.97. The van der Waals surface area contributed by atoms with E-state index < -0.39 is 0 Å². The Morgan fingerprint density at radius 3 is 2.78 bits per heavy atom. The summed E-state index contributed by atoms with van der Waals surface area (Å²) in [6, 6.07) is 0. The normalized spacial score (nSPS) is 29.8. The van der Waals surface area contributed by atoms with Gasteiger partial charge in [0.15, 0.2) is 0 Å². The molecule has 92 valence electrons.